The molecule has 2 rings (SSSR count). The number of hydrogen-bond acceptors (Lipinski definition) is 4. The summed E-state index contributed by atoms with van der Waals surface area (Å²) >= 11 is 5.64. The summed E-state index contributed by atoms with van der Waals surface area (Å²) in [6, 6.07) is 0.0314. The van der Waals surface area contributed by atoms with Gasteiger partial charge in [-0.2, -0.15) is 0 Å². The van der Waals surface area contributed by atoms with Gasteiger partial charge in [-0.15, -0.1) is 5.10 Å². The first-order valence-electron chi connectivity index (χ1n) is 8.72. The molecule has 2 amide bonds. The van der Waals surface area contributed by atoms with Crippen molar-refractivity contribution in [1.82, 2.24) is 25.4 Å². The highest BCUT2D eigenvalue weighted by atomic mass is 35.5. The molecule has 7 nitrogen and oxygen atoms in total. The van der Waals surface area contributed by atoms with E-state index in [4.69, 9.17) is 11.6 Å². The SMILES string of the molecule is CCCCC(=O)N1CCCC[C@@H](NC(=O)CCc2nc(Cl)n[nH]2)C1. The molecule has 1 fully saturated rings. The molecule has 1 aliphatic rings. The highest BCUT2D eigenvalue weighted by Gasteiger charge is 2.22. The fourth-order valence-corrected chi connectivity index (χ4v) is 3.03. The van der Waals surface area contributed by atoms with Crippen molar-refractivity contribution in [2.45, 2.75) is 64.3 Å². The number of rotatable bonds is 7. The molecule has 0 radical (unpaired) electrons. The molecular weight excluding hydrogens is 330 g/mol. The molecule has 8 heteroatoms. The van der Waals surface area contributed by atoms with Crippen molar-refractivity contribution in [3.63, 3.8) is 0 Å². The van der Waals surface area contributed by atoms with E-state index in [0.29, 0.717) is 31.6 Å². The van der Waals surface area contributed by atoms with Gasteiger partial charge in [-0.05, 0) is 37.3 Å². The third-order valence-corrected chi connectivity index (χ3v) is 4.40. The number of halogens is 1. The van der Waals surface area contributed by atoms with E-state index in [1.54, 1.807) is 0 Å². The number of unbranched alkanes of at least 4 members (excludes halogenated alkanes) is 1. The highest BCUT2D eigenvalue weighted by molar-refractivity contribution is 6.28. The first-order valence-corrected chi connectivity index (χ1v) is 9.10. The van der Waals surface area contributed by atoms with Crippen LogP contribution in [0.25, 0.3) is 0 Å². The normalized spacial score (nSPS) is 18.2. The van der Waals surface area contributed by atoms with E-state index in [1.807, 2.05) is 4.90 Å². The summed E-state index contributed by atoms with van der Waals surface area (Å²) < 4.78 is 0. The standard InChI is InChI=1S/C16H26ClN5O2/c1-2-3-7-15(24)22-10-5-4-6-12(11-22)18-14(23)9-8-13-19-16(17)21-20-13/h12H,2-11H2,1H3,(H,18,23)(H,19,20,21)/t12-/m1/s1. The van der Waals surface area contributed by atoms with Crippen LogP contribution in [0.15, 0.2) is 0 Å². The Morgan fingerprint density at radius 2 is 2.21 bits per heavy atom. The van der Waals surface area contributed by atoms with E-state index >= 15 is 0 Å². The molecule has 0 saturated carbocycles. The number of aromatic amines is 1. The van der Waals surface area contributed by atoms with E-state index in [9.17, 15) is 9.59 Å². The molecule has 24 heavy (non-hydrogen) atoms. The van der Waals surface area contributed by atoms with Crippen LogP contribution in [0.5, 0.6) is 0 Å². The van der Waals surface area contributed by atoms with E-state index in [0.717, 1.165) is 38.6 Å². The lowest BCUT2D eigenvalue weighted by atomic mass is 10.1. The Hall–Kier alpha value is -1.63. The van der Waals surface area contributed by atoms with Gasteiger partial charge in [0.25, 0.3) is 0 Å². The Balaban J connectivity index is 1.78. The minimum Gasteiger partial charge on any atom is -0.352 e. The molecule has 134 valence electrons. The first kappa shape index (κ1) is 18.7. The zero-order valence-corrected chi connectivity index (χ0v) is 14.9. The Bertz CT molecular complexity index is 548. The van der Waals surface area contributed by atoms with Crippen LogP contribution >= 0.6 is 11.6 Å². The molecule has 0 spiro atoms. The maximum Gasteiger partial charge on any atom is 0.242 e. The fourth-order valence-electron chi connectivity index (χ4n) is 2.89. The van der Waals surface area contributed by atoms with Gasteiger partial charge in [-0.1, -0.05) is 13.3 Å². The van der Waals surface area contributed by atoms with Gasteiger partial charge < -0.3 is 10.2 Å². The number of likely N-dealkylation sites (tertiary alicyclic amines) is 1. The summed E-state index contributed by atoms with van der Waals surface area (Å²) in [5.74, 6) is 0.775. The number of aryl methyl sites for hydroxylation is 1. The number of nitrogens with one attached hydrogen (secondary N) is 2. The average molecular weight is 356 g/mol. The molecule has 1 aromatic heterocycles. The van der Waals surface area contributed by atoms with E-state index in [-0.39, 0.29) is 23.1 Å². The van der Waals surface area contributed by atoms with Crippen molar-refractivity contribution in [1.29, 1.82) is 0 Å². The van der Waals surface area contributed by atoms with Gasteiger partial charge >= 0.3 is 0 Å². The van der Waals surface area contributed by atoms with Crippen LogP contribution in [0.3, 0.4) is 0 Å². The summed E-state index contributed by atoms with van der Waals surface area (Å²) in [6.07, 6.45) is 6.28. The highest BCUT2D eigenvalue weighted by Crippen LogP contribution is 2.13. The maximum atomic E-state index is 12.2. The van der Waals surface area contributed by atoms with Crippen LogP contribution in [0, 0.1) is 0 Å². The molecule has 2 N–H and O–H groups in total. The van der Waals surface area contributed by atoms with Crippen molar-refractivity contribution in [2.75, 3.05) is 13.1 Å². The lowest BCUT2D eigenvalue weighted by molar-refractivity contribution is -0.132. The predicted octanol–water partition coefficient (Wildman–Crippen LogP) is 2.08. The lowest BCUT2D eigenvalue weighted by Gasteiger charge is -2.25. The van der Waals surface area contributed by atoms with Crippen molar-refractivity contribution < 1.29 is 9.59 Å². The Labute approximate surface area is 147 Å². The van der Waals surface area contributed by atoms with Crippen LogP contribution in [-0.2, 0) is 16.0 Å². The fraction of sp³-hybridized carbons (Fsp3) is 0.750. The van der Waals surface area contributed by atoms with Crippen LogP contribution in [-0.4, -0.2) is 51.0 Å². The Morgan fingerprint density at radius 3 is 2.92 bits per heavy atom. The van der Waals surface area contributed by atoms with Crippen LogP contribution in [0.2, 0.25) is 5.28 Å². The van der Waals surface area contributed by atoms with Gasteiger partial charge in [0, 0.05) is 38.4 Å². The average Bonchev–Trinajstić information content (AvgIpc) is 2.84. The van der Waals surface area contributed by atoms with Crippen molar-refractivity contribution in [2.24, 2.45) is 0 Å². The molecule has 0 unspecified atom stereocenters. The van der Waals surface area contributed by atoms with Gasteiger partial charge in [0.05, 0.1) is 0 Å². The minimum absolute atomic E-state index is 0.0314. The zero-order valence-electron chi connectivity index (χ0n) is 14.2. The summed E-state index contributed by atoms with van der Waals surface area (Å²) in [6.45, 7) is 3.49. The molecule has 1 saturated heterocycles. The number of amides is 2. The topological polar surface area (TPSA) is 91.0 Å². The summed E-state index contributed by atoms with van der Waals surface area (Å²) in [4.78, 5) is 30.3. The second-order valence-electron chi connectivity index (χ2n) is 6.25. The first-order chi connectivity index (χ1) is 11.6. The molecule has 0 aliphatic carbocycles. The number of aromatic nitrogens is 3. The predicted molar refractivity (Wildman–Crippen MR) is 91.6 cm³/mol. The number of H-pyrrole nitrogens is 1. The monoisotopic (exact) mass is 355 g/mol. The number of nitrogens with zero attached hydrogens (tertiary/aromatic N) is 3. The van der Waals surface area contributed by atoms with Gasteiger partial charge in [0.2, 0.25) is 17.1 Å². The van der Waals surface area contributed by atoms with Gasteiger partial charge in [0.1, 0.15) is 5.82 Å². The summed E-state index contributed by atoms with van der Waals surface area (Å²) in [5.41, 5.74) is 0. The second-order valence-corrected chi connectivity index (χ2v) is 6.59. The van der Waals surface area contributed by atoms with Crippen LogP contribution in [0.4, 0.5) is 0 Å². The third-order valence-electron chi connectivity index (χ3n) is 4.23. The van der Waals surface area contributed by atoms with E-state index in [1.165, 1.54) is 0 Å². The Morgan fingerprint density at radius 1 is 1.38 bits per heavy atom. The number of hydrogen-bond donors (Lipinski definition) is 2. The molecular formula is C16H26ClN5O2. The van der Waals surface area contributed by atoms with Gasteiger partial charge in [-0.25, -0.2) is 4.98 Å². The van der Waals surface area contributed by atoms with Crippen LogP contribution in [0.1, 0.15) is 57.7 Å². The van der Waals surface area contributed by atoms with E-state index < -0.39 is 0 Å². The third kappa shape index (κ3) is 6.11. The van der Waals surface area contributed by atoms with Gasteiger partial charge in [0.15, 0.2) is 0 Å². The number of carbonyl (C=O) groups is 2. The summed E-state index contributed by atoms with van der Waals surface area (Å²) in [5, 5.41) is 9.63. The smallest absolute Gasteiger partial charge is 0.242 e. The minimum atomic E-state index is -0.0321. The maximum absolute atomic E-state index is 12.2. The zero-order chi connectivity index (χ0) is 17.4. The molecule has 0 aromatic carbocycles. The summed E-state index contributed by atoms with van der Waals surface area (Å²) in [7, 11) is 0. The number of carbonyl (C=O) groups excluding carboxylic acids is 2. The van der Waals surface area contributed by atoms with Crippen molar-refractivity contribution in [3.8, 4) is 0 Å². The quantitative estimate of drug-likeness (QED) is 0.783. The molecule has 0 bridgehead atoms. The lowest BCUT2D eigenvalue weighted by Crippen LogP contribution is -2.44. The van der Waals surface area contributed by atoms with Gasteiger partial charge in [-0.3, -0.25) is 14.7 Å². The molecule has 1 atom stereocenters. The Kier molecular flexibility index (Phi) is 7.49. The largest absolute Gasteiger partial charge is 0.352 e. The van der Waals surface area contributed by atoms with Crippen molar-refractivity contribution >= 4 is 23.4 Å². The second kappa shape index (κ2) is 9.61. The molecule has 1 aliphatic heterocycles. The van der Waals surface area contributed by atoms with E-state index in [2.05, 4.69) is 27.4 Å². The van der Waals surface area contributed by atoms with Crippen molar-refractivity contribution in [3.05, 3.63) is 11.1 Å². The molecule has 2 heterocycles. The van der Waals surface area contributed by atoms with Crippen LogP contribution < -0.4 is 5.32 Å². The molecule has 1 aromatic rings.